The Labute approximate surface area is 109 Å². The zero-order valence-electron chi connectivity index (χ0n) is 10.2. The number of rotatable bonds is 5. The van der Waals surface area contributed by atoms with Crippen molar-refractivity contribution in [1.82, 2.24) is 14.9 Å². The van der Waals surface area contributed by atoms with E-state index in [1.165, 1.54) is 0 Å². The van der Waals surface area contributed by atoms with Crippen molar-refractivity contribution in [3.63, 3.8) is 0 Å². The maximum absolute atomic E-state index is 11.0. The number of nitrogens with one attached hydrogen (secondary N) is 1. The fourth-order valence-corrected chi connectivity index (χ4v) is 2.50. The summed E-state index contributed by atoms with van der Waals surface area (Å²) < 4.78 is 1.89. The highest BCUT2D eigenvalue weighted by molar-refractivity contribution is 7.10. The van der Waals surface area contributed by atoms with E-state index in [0.29, 0.717) is 0 Å². The van der Waals surface area contributed by atoms with Gasteiger partial charge in [-0.3, -0.25) is 10.1 Å². The van der Waals surface area contributed by atoms with Gasteiger partial charge in [0.05, 0.1) is 0 Å². The van der Waals surface area contributed by atoms with Crippen molar-refractivity contribution in [3.05, 3.63) is 40.6 Å². The van der Waals surface area contributed by atoms with E-state index in [0.717, 1.165) is 10.7 Å². The van der Waals surface area contributed by atoms with Gasteiger partial charge in [-0.1, -0.05) is 6.07 Å². The molecule has 2 aromatic heterocycles. The minimum atomic E-state index is -0.870. The number of carbonyl (C=O) groups is 1. The second kappa shape index (κ2) is 5.32. The molecule has 0 amide bonds. The Kier molecular flexibility index (Phi) is 3.78. The molecule has 18 heavy (non-hydrogen) atoms. The van der Waals surface area contributed by atoms with Crippen LogP contribution in [0, 0.1) is 0 Å². The van der Waals surface area contributed by atoms with Gasteiger partial charge in [0.2, 0.25) is 0 Å². The second-order valence-corrected chi connectivity index (χ2v) is 5.05. The lowest BCUT2D eigenvalue weighted by molar-refractivity contribution is -0.139. The van der Waals surface area contributed by atoms with Gasteiger partial charge in [0.25, 0.3) is 0 Å². The number of aromatic nitrogens is 2. The summed E-state index contributed by atoms with van der Waals surface area (Å²) >= 11 is 1.58. The van der Waals surface area contributed by atoms with Crippen molar-refractivity contribution in [3.8, 4) is 0 Å². The molecule has 2 unspecified atom stereocenters. The van der Waals surface area contributed by atoms with E-state index in [9.17, 15) is 4.79 Å². The normalized spacial score (nSPS) is 14.3. The summed E-state index contributed by atoms with van der Waals surface area (Å²) in [5, 5.41) is 14.1. The van der Waals surface area contributed by atoms with E-state index >= 15 is 0 Å². The summed E-state index contributed by atoms with van der Waals surface area (Å²) in [4.78, 5) is 16.3. The molecule has 0 aromatic carbocycles. The average Bonchev–Trinajstić information content (AvgIpc) is 2.96. The van der Waals surface area contributed by atoms with Gasteiger partial charge in [-0.05, 0) is 18.4 Å². The van der Waals surface area contributed by atoms with Gasteiger partial charge >= 0.3 is 5.97 Å². The Balaban J connectivity index is 2.30. The first-order chi connectivity index (χ1) is 8.59. The average molecular weight is 265 g/mol. The highest BCUT2D eigenvalue weighted by Crippen LogP contribution is 2.25. The first-order valence-electron chi connectivity index (χ1n) is 5.59. The maximum Gasteiger partial charge on any atom is 0.320 e. The Morgan fingerprint density at radius 2 is 2.39 bits per heavy atom. The number of aliphatic carboxylic acids is 1. The standard InChI is InChI=1S/C12H15N3O2S/c1-8(12(16)17)14-10(9-4-3-7-18-9)11-13-5-6-15(11)2/h3-8,10,14H,1-2H3,(H,16,17). The predicted octanol–water partition coefficient (Wildman–Crippen LogP) is 1.63. The quantitative estimate of drug-likeness (QED) is 0.862. The molecule has 2 N–H and O–H groups in total. The van der Waals surface area contributed by atoms with Crippen LogP contribution in [0.2, 0.25) is 0 Å². The third-order valence-corrected chi connectivity index (χ3v) is 3.67. The van der Waals surface area contributed by atoms with Gasteiger partial charge in [-0.15, -0.1) is 11.3 Å². The van der Waals surface area contributed by atoms with Crippen LogP contribution in [0.4, 0.5) is 0 Å². The van der Waals surface area contributed by atoms with Crippen LogP contribution in [0.1, 0.15) is 23.7 Å². The number of carboxylic acid groups (broad SMARTS) is 1. The van der Waals surface area contributed by atoms with Gasteiger partial charge in [0.1, 0.15) is 17.9 Å². The number of thiophene rings is 1. The Morgan fingerprint density at radius 1 is 1.61 bits per heavy atom. The molecular weight excluding hydrogens is 250 g/mol. The topological polar surface area (TPSA) is 67.2 Å². The van der Waals surface area contributed by atoms with Crippen LogP contribution in [-0.2, 0) is 11.8 Å². The van der Waals surface area contributed by atoms with E-state index < -0.39 is 12.0 Å². The van der Waals surface area contributed by atoms with Crippen molar-refractivity contribution in [2.24, 2.45) is 7.05 Å². The van der Waals surface area contributed by atoms with Crippen LogP contribution < -0.4 is 5.32 Å². The third-order valence-electron chi connectivity index (χ3n) is 2.73. The van der Waals surface area contributed by atoms with Crippen LogP contribution in [0.5, 0.6) is 0 Å². The maximum atomic E-state index is 11.0. The molecule has 5 nitrogen and oxygen atoms in total. The van der Waals surface area contributed by atoms with Crippen molar-refractivity contribution in [2.45, 2.75) is 19.0 Å². The van der Waals surface area contributed by atoms with Crippen LogP contribution in [0.25, 0.3) is 0 Å². The van der Waals surface area contributed by atoms with Crippen LogP contribution >= 0.6 is 11.3 Å². The molecule has 0 bridgehead atoms. The highest BCUT2D eigenvalue weighted by Gasteiger charge is 2.23. The molecule has 0 saturated carbocycles. The van der Waals surface area contributed by atoms with E-state index in [1.54, 1.807) is 24.5 Å². The molecule has 0 saturated heterocycles. The Hall–Kier alpha value is -1.66. The molecule has 96 valence electrons. The van der Waals surface area contributed by atoms with E-state index in [4.69, 9.17) is 5.11 Å². The lowest BCUT2D eigenvalue weighted by Crippen LogP contribution is -2.37. The minimum absolute atomic E-state index is 0.198. The summed E-state index contributed by atoms with van der Waals surface area (Å²) in [7, 11) is 1.90. The minimum Gasteiger partial charge on any atom is -0.480 e. The number of imidazole rings is 1. The van der Waals surface area contributed by atoms with Gasteiger partial charge in [0, 0.05) is 24.3 Å². The molecule has 6 heteroatoms. The number of hydrogen-bond donors (Lipinski definition) is 2. The summed E-state index contributed by atoms with van der Waals surface area (Å²) in [6, 6.07) is 3.10. The second-order valence-electron chi connectivity index (χ2n) is 4.07. The summed E-state index contributed by atoms with van der Waals surface area (Å²) in [5.41, 5.74) is 0. The zero-order valence-corrected chi connectivity index (χ0v) is 11.0. The Bertz CT molecular complexity index is 521. The summed E-state index contributed by atoms with van der Waals surface area (Å²) in [6.07, 6.45) is 3.56. The van der Waals surface area contributed by atoms with E-state index in [-0.39, 0.29) is 6.04 Å². The lowest BCUT2D eigenvalue weighted by Gasteiger charge is -2.20. The molecule has 0 aliphatic rings. The van der Waals surface area contributed by atoms with E-state index in [1.807, 2.05) is 35.3 Å². The zero-order chi connectivity index (χ0) is 13.1. The predicted molar refractivity (Wildman–Crippen MR) is 69.6 cm³/mol. The lowest BCUT2D eigenvalue weighted by atomic mass is 10.2. The molecule has 2 rings (SSSR count). The van der Waals surface area contributed by atoms with Gasteiger partial charge in [-0.25, -0.2) is 4.98 Å². The van der Waals surface area contributed by atoms with Gasteiger partial charge < -0.3 is 9.67 Å². The summed E-state index contributed by atoms with van der Waals surface area (Å²) in [6.45, 7) is 1.63. The molecule has 2 atom stereocenters. The highest BCUT2D eigenvalue weighted by atomic mass is 32.1. The van der Waals surface area contributed by atoms with Crippen molar-refractivity contribution < 1.29 is 9.90 Å². The number of carboxylic acids is 1. The largest absolute Gasteiger partial charge is 0.480 e. The number of hydrogen-bond acceptors (Lipinski definition) is 4. The molecule has 0 spiro atoms. The fraction of sp³-hybridized carbons (Fsp3) is 0.333. The molecular formula is C12H15N3O2S. The smallest absolute Gasteiger partial charge is 0.320 e. The number of nitrogens with zero attached hydrogens (tertiary/aromatic N) is 2. The number of aryl methyl sites for hydroxylation is 1. The summed E-state index contributed by atoms with van der Waals surface area (Å²) in [5.74, 6) is -0.0590. The van der Waals surface area contributed by atoms with Crippen LogP contribution in [-0.4, -0.2) is 26.7 Å². The molecule has 2 heterocycles. The van der Waals surface area contributed by atoms with Crippen molar-refractivity contribution in [2.75, 3.05) is 0 Å². The van der Waals surface area contributed by atoms with Gasteiger partial charge in [-0.2, -0.15) is 0 Å². The first kappa shape index (κ1) is 12.8. The molecule has 2 aromatic rings. The van der Waals surface area contributed by atoms with Crippen LogP contribution in [0.15, 0.2) is 29.9 Å². The van der Waals surface area contributed by atoms with Crippen LogP contribution in [0.3, 0.4) is 0 Å². The first-order valence-corrected chi connectivity index (χ1v) is 6.47. The fourth-order valence-electron chi connectivity index (χ4n) is 1.72. The van der Waals surface area contributed by atoms with E-state index in [2.05, 4.69) is 10.3 Å². The monoisotopic (exact) mass is 265 g/mol. The Morgan fingerprint density at radius 3 is 2.89 bits per heavy atom. The molecule has 0 aliphatic heterocycles. The van der Waals surface area contributed by atoms with Crippen molar-refractivity contribution in [1.29, 1.82) is 0 Å². The van der Waals surface area contributed by atoms with Crippen molar-refractivity contribution >= 4 is 17.3 Å². The SMILES string of the molecule is CC(NC(c1cccs1)c1nccn1C)C(=O)O. The third kappa shape index (κ3) is 2.60. The van der Waals surface area contributed by atoms with Gasteiger partial charge in [0.15, 0.2) is 0 Å². The molecule has 0 aliphatic carbocycles. The molecule has 0 radical (unpaired) electrons. The molecule has 0 fully saturated rings.